The second-order valence-electron chi connectivity index (χ2n) is 3.96. The molecule has 1 aromatic carbocycles. The summed E-state index contributed by atoms with van der Waals surface area (Å²) in [4.78, 5) is 24.4. The summed E-state index contributed by atoms with van der Waals surface area (Å²) in [6.45, 7) is -0.173. The minimum absolute atomic E-state index is 0.173. The first-order chi connectivity index (χ1) is 8.65. The van der Waals surface area contributed by atoms with E-state index in [1.165, 1.54) is 16.7 Å². The van der Waals surface area contributed by atoms with Gasteiger partial charge in [0.25, 0.3) is 0 Å². The summed E-state index contributed by atoms with van der Waals surface area (Å²) in [5.41, 5.74) is 6.29. The number of nitrogens with two attached hydrogens (primary N) is 1. The van der Waals surface area contributed by atoms with Gasteiger partial charge in [-0.2, -0.15) is 0 Å². The molecule has 0 bridgehead atoms. The first-order valence-corrected chi connectivity index (χ1v) is 6.60. The molecule has 3 N–H and O–H groups in total. The van der Waals surface area contributed by atoms with Gasteiger partial charge in [-0.15, -0.1) is 11.8 Å². The van der Waals surface area contributed by atoms with E-state index in [1.54, 1.807) is 0 Å². The number of nitrogens with zero attached hydrogens (tertiary/aromatic N) is 1. The molecule has 1 unspecified atom stereocenters. The molecule has 0 saturated carbocycles. The Morgan fingerprint density at radius 2 is 2.06 bits per heavy atom. The van der Waals surface area contributed by atoms with Crippen molar-refractivity contribution in [2.75, 3.05) is 12.3 Å². The van der Waals surface area contributed by atoms with Crippen molar-refractivity contribution in [3.63, 3.8) is 0 Å². The molecule has 1 heterocycles. The second kappa shape index (κ2) is 5.41. The second-order valence-corrected chi connectivity index (χ2v) is 5.07. The molecule has 0 aromatic heterocycles. The minimum Gasteiger partial charge on any atom is -0.480 e. The van der Waals surface area contributed by atoms with E-state index in [1.807, 2.05) is 30.3 Å². The lowest BCUT2D eigenvalue weighted by molar-refractivity contribution is -0.148. The number of aliphatic carboxylic acids is 1. The van der Waals surface area contributed by atoms with E-state index in [9.17, 15) is 9.59 Å². The number of amides is 1. The molecule has 1 aliphatic rings. The fourth-order valence-electron chi connectivity index (χ4n) is 1.98. The molecule has 5 nitrogen and oxygen atoms in total. The summed E-state index contributed by atoms with van der Waals surface area (Å²) >= 11 is 1.45. The number of hydrogen-bond donors (Lipinski definition) is 2. The van der Waals surface area contributed by atoms with Crippen molar-refractivity contribution in [2.24, 2.45) is 5.73 Å². The Labute approximate surface area is 109 Å². The molecule has 1 aliphatic heterocycles. The number of carbonyl (C=O) groups is 2. The number of thioether (sulfide) groups is 1. The van der Waals surface area contributed by atoms with Gasteiger partial charge in [0.1, 0.15) is 11.4 Å². The molecule has 0 aliphatic carbocycles. The van der Waals surface area contributed by atoms with E-state index in [2.05, 4.69) is 0 Å². The first kappa shape index (κ1) is 12.9. The van der Waals surface area contributed by atoms with Gasteiger partial charge in [-0.05, 0) is 5.56 Å². The van der Waals surface area contributed by atoms with Gasteiger partial charge in [-0.3, -0.25) is 4.79 Å². The van der Waals surface area contributed by atoms with Crippen LogP contribution in [0.1, 0.15) is 10.9 Å². The van der Waals surface area contributed by atoms with Crippen molar-refractivity contribution in [2.45, 2.75) is 11.4 Å². The smallest absolute Gasteiger partial charge is 0.327 e. The van der Waals surface area contributed by atoms with E-state index >= 15 is 0 Å². The molecule has 2 rings (SSSR count). The maximum absolute atomic E-state index is 11.8. The monoisotopic (exact) mass is 266 g/mol. The molecule has 1 aromatic rings. The average Bonchev–Trinajstić information content (AvgIpc) is 2.83. The van der Waals surface area contributed by atoms with Crippen molar-refractivity contribution in [3.8, 4) is 0 Å². The number of rotatable bonds is 3. The number of carboxylic acid groups (broad SMARTS) is 1. The Hall–Kier alpha value is -1.53. The normalized spacial score (nSPS) is 23.1. The summed E-state index contributed by atoms with van der Waals surface area (Å²) in [7, 11) is 0. The molecule has 96 valence electrons. The van der Waals surface area contributed by atoms with Gasteiger partial charge < -0.3 is 15.7 Å². The summed E-state index contributed by atoms with van der Waals surface area (Å²) in [5.74, 6) is -0.926. The lowest BCUT2D eigenvalue weighted by Crippen LogP contribution is -2.45. The first-order valence-electron chi connectivity index (χ1n) is 5.55. The number of benzene rings is 1. The molecule has 18 heavy (non-hydrogen) atoms. The van der Waals surface area contributed by atoms with E-state index in [4.69, 9.17) is 10.8 Å². The standard InChI is InChI=1S/C12H14N2O3S/c13-6-10(15)14-9(12(16)17)7-18-11(14)8-4-2-1-3-5-8/h1-5,9,11H,6-7,13H2,(H,16,17)/t9-,11?/m0/s1. The molecule has 6 heteroatoms. The van der Waals surface area contributed by atoms with Crippen molar-refractivity contribution in [1.29, 1.82) is 0 Å². The average molecular weight is 266 g/mol. The molecule has 0 radical (unpaired) electrons. The highest BCUT2D eigenvalue weighted by molar-refractivity contribution is 7.99. The Kier molecular flexibility index (Phi) is 3.88. The van der Waals surface area contributed by atoms with Crippen LogP contribution in [0.15, 0.2) is 30.3 Å². The predicted molar refractivity (Wildman–Crippen MR) is 69.0 cm³/mol. The molecule has 1 amide bonds. The SMILES string of the molecule is NCC(=O)N1C(c2ccccc2)SC[C@H]1C(=O)O. The molecular formula is C12H14N2O3S. The van der Waals surface area contributed by atoms with Gasteiger partial charge >= 0.3 is 5.97 Å². The minimum atomic E-state index is -0.984. The largest absolute Gasteiger partial charge is 0.480 e. The van der Waals surface area contributed by atoms with Crippen LogP contribution in [0.25, 0.3) is 0 Å². The number of hydrogen-bond acceptors (Lipinski definition) is 4. The van der Waals surface area contributed by atoms with Gasteiger partial charge in [0, 0.05) is 5.75 Å². The highest BCUT2D eigenvalue weighted by Gasteiger charge is 2.41. The fraction of sp³-hybridized carbons (Fsp3) is 0.333. The summed E-state index contributed by atoms with van der Waals surface area (Å²) in [6.07, 6.45) is 0. The number of carbonyl (C=O) groups excluding carboxylic acids is 1. The zero-order valence-electron chi connectivity index (χ0n) is 9.65. The van der Waals surface area contributed by atoms with Gasteiger partial charge in [0.15, 0.2) is 0 Å². The van der Waals surface area contributed by atoms with E-state index < -0.39 is 12.0 Å². The molecule has 0 spiro atoms. The topological polar surface area (TPSA) is 83.6 Å². The summed E-state index contributed by atoms with van der Waals surface area (Å²) in [6, 6.07) is 8.60. The van der Waals surface area contributed by atoms with Crippen LogP contribution in [0, 0.1) is 0 Å². The molecule has 2 atom stereocenters. The van der Waals surface area contributed by atoms with Crippen LogP contribution in [0.4, 0.5) is 0 Å². The van der Waals surface area contributed by atoms with Crippen LogP contribution in [0.2, 0.25) is 0 Å². The van der Waals surface area contributed by atoms with E-state index in [0.717, 1.165) is 5.56 Å². The van der Waals surface area contributed by atoms with Crippen LogP contribution in [0.5, 0.6) is 0 Å². The highest BCUT2D eigenvalue weighted by Crippen LogP contribution is 2.41. The maximum atomic E-state index is 11.8. The Morgan fingerprint density at radius 1 is 1.39 bits per heavy atom. The van der Waals surface area contributed by atoms with Crippen LogP contribution < -0.4 is 5.73 Å². The predicted octanol–water partition coefficient (Wildman–Crippen LogP) is 0.672. The highest BCUT2D eigenvalue weighted by atomic mass is 32.2. The quantitative estimate of drug-likeness (QED) is 0.840. The Morgan fingerprint density at radius 3 is 2.61 bits per heavy atom. The zero-order valence-corrected chi connectivity index (χ0v) is 10.5. The van der Waals surface area contributed by atoms with Crippen LogP contribution in [-0.4, -0.2) is 40.2 Å². The van der Waals surface area contributed by atoms with Crippen molar-refractivity contribution < 1.29 is 14.7 Å². The Balaban J connectivity index is 2.31. The molecule has 1 saturated heterocycles. The van der Waals surface area contributed by atoms with Crippen LogP contribution in [-0.2, 0) is 9.59 Å². The van der Waals surface area contributed by atoms with Gasteiger partial charge in [-0.25, -0.2) is 4.79 Å². The summed E-state index contributed by atoms with van der Waals surface area (Å²) < 4.78 is 0. The Bertz CT molecular complexity index is 452. The maximum Gasteiger partial charge on any atom is 0.327 e. The zero-order chi connectivity index (χ0) is 13.1. The van der Waals surface area contributed by atoms with Gasteiger partial charge in [0.05, 0.1) is 6.54 Å². The van der Waals surface area contributed by atoms with Crippen molar-refractivity contribution in [1.82, 2.24) is 4.90 Å². The van der Waals surface area contributed by atoms with Gasteiger partial charge in [0.2, 0.25) is 5.91 Å². The van der Waals surface area contributed by atoms with Crippen LogP contribution in [0.3, 0.4) is 0 Å². The third-order valence-corrected chi connectivity index (χ3v) is 4.16. The third kappa shape index (κ3) is 2.34. The number of carboxylic acids is 1. The summed E-state index contributed by atoms with van der Waals surface area (Å²) in [5, 5.41) is 8.88. The fourth-order valence-corrected chi connectivity index (χ4v) is 3.42. The van der Waals surface area contributed by atoms with Crippen molar-refractivity contribution >= 4 is 23.6 Å². The lowest BCUT2D eigenvalue weighted by Gasteiger charge is -2.27. The third-order valence-electron chi connectivity index (χ3n) is 2.83. The molecular weight excluding hydrogens is 252 g/mol. The van der Waals surface area contributed by atoms with Crippen molar-refractivity contribution in [3.05, 3.63) is 35.9 Å². The van der Waals surface area contributed by atoms with E-state index in [-0.39, 0.29) is 17.8 Å². The lowest BCUT2D eigenvalue weighted by atomic mass is 10.1. The van der Waals surface area contributed by atoms with Gasteiger partial charge in [-0.1, -0.05) is 30.3 Å². The van der Waals surface area contributed by atoms with E-state index in [0.29, 0.717) is 5.75 Å². The van der Waals surface area contributed by atoms with Crippen LogP contribution >= 0.6 is 11.8 Å². The molecule has 1 fully saturated rings.